The van der Waals surface area contributed by atoms with E-state index in [1.54, 1.807) is 11.3 Å². The maximum Gasteiger partial charge on any atom is 0.274 e. The Morgan fingerprint density at radius 2 is 2.23 bits per heavy atom. The highest BCUT2D eigenvalue weighted by atomic mass is 32.2. The molecule has 0 aromatic carbocycles. The second kappa shape index (κ2) is 6.92. The van der Waals surface area contributed by atoms with Crippen LogP contribution in [0.1, 0.15) is 44.3 Å². The van der Waals surface area contributed by atoms with Crippen molar-refractivity contribution in [2.24, 2.45) is 11.1 Å². The lowest BCUT2D eigenvalue weighted by Gasteiger charge is -2.32. The van der Waals surface area contributed by atoms with Crippen molar-refractivity contribution in [1.82, 2.24) is 14.6 Å². The van der Waals surface area contributed by atoms with Crippen LogP contribution in [-0.4, -0.2) is 37.9 Å². The molecule has 1 aliphatic heterocycles. The number of nitrogens with one attached hydrogen (secondary N) is 1. The second-order valence-corrected chi connectivity index (χ2v) is 9.33. The monoisotopic (exact) mass is 346 g/mol. The lowest BCUT2D eigenvalue weighted by molar-refractivity contribution is 0.168. The number of hydrogen-bond acceptors (Lipinski definition) is 5. The van der Waals surface area contributed by atoms with Crippen molar-refractivity contribution in [3.8, 4) is 0 Å². The highest BCUT2D eigenvalue weighted by Crippen LogP contribution is 2.25. The predicted molar refractivity (Wildman–Crippen MR) is 89.9 cm³/mol. The molecule has 0 bridgehead atoms. The van der Waals surface area contributed by atoms with Gasteiger partial charge in [-0.25, -0.2) is 14.8 Å². The van der Waals surface area contributed by atoms with E-state index in [2.05, 4.69) is 35.8 Å². The summed E-state index contributed by atoms with van der Waals surface area (Å²) in [7, 11) is -3.59. The minimum Gasteiger partial charge on any atom is -0.296 e. The highest BCUT2D eigenvalue weighted by molar-refractivity contribution is 7.87. The number of likely N-dealkylation sites (tertiary alicyclic amines) is 1. The molecule has 126 valence electrons. The summed E-state index contributed by atoms with van der Waals surface area (Å²) in [5.74, 6) is 0.314. The molecule has 1 saturated heterocycles. The Hall–Kier alpha value is -0.540. The highest BCUT2D eigenvalue weighted by Gasteiger charge is 2.23. The van der Waals surface area contributed by atoms with Gasteiger partial charge < -0.3 is 0 Å². The third-order valence-electron chi connectivity index (χ3n) is 3.86. The average molecular weight is 347 g/mol. The van der Waals surface area contributed by atoms with Crippen LogP contribution in [0.5, 0.6) is 0 Å². The van der Waals surface area contributed by atoms with Gasteiger partial charge >= 0.3 is 0 Å². The molecule has 1 aliphatic rings. The van der Waals surface area contributed by atoms with Crippen LogP contribution in [0.2, 0.25) is 0 Å². The van der Waals surface area contributed by atoms with E-state index in [-0.39, 0.29) is 5.41 Å². The van der Waals surface area contributed by atoms with Gasteiger partial charge in [-0.2, -0.15) is 8.42 Å². The van der Waals surface area contributed by atoms with Gasteiger partial charge in [-0.1, -0.05) is 20.8 Å². The summed E-state index contributed by atoms with van der Waals surface area (Å²) in [5.41, 5.74) is 1.22. The molecule has 2 rings (SSSR count). The molecule has 1 fully saturated rings. The maximum absolute atomic E-state index is 11.0. The summed E-state index contributed by atoms with van der Waals surface area (Å²) < 4.78 is 24.4. The SMILES string of the molecule is CC(C)(C)c1csc(CN2CCC[C@@H](CNS(N)(=O)=O)C2)n1. The van der Waals surface area contributed by atoms with Crippen LogP contribution in [0.3, 0.4) is 0 Å². The number of rotatable bonds is 5. The average Bonchev–Trinajstić information content (AvgIpc) is 2.84. The van der Waals surface area contributed by atoms with E-state index >= 15 is 0 Å². The molecule has 2 heterocycles. The van der Waals surface area contributed by atoms with E-state index < -0.39 is 10.2 Å². The van der Waals surface area contributed by atoms with Gasteiger partial charge in [-0.3, -0.25) is 4.90 Å². The molecule has 1 aromatic heterocycles. The molecule has 6 nitrogen and oxygen atoms in total. The van der Waals surface area contributed by atoms with Crippen molar-refractivity contribution in [3.63, 3.8) is 0 Å². The summed E-state index contributed by atoms with van der Waals surface area (Å²) in [6.07, 6.45) is 2.11. The molecule has 1 aromatic rings. The fourth-order valence-corrected chi connectivity index (χ4v) is 4.14. The Morgan fingerprint density at radius 3 is 2.82 bits per heavy atom. The quantitative estimate of drug-likeness (QED) is 0.844. The minimum absolute atomic E-state index is 0.0819. The standard InChI is InChI=1S/C14H26N4O2S2/c1-14(2,3)12-10-21-13(17-12)9-18-6-4-5-11(8-18)7-16-22(15,19)20/h10-11,16H,4-9H2,1-3H3,(H2,15,19,20)/t11-/m0/s1. The lowest BCUT2D eigenvalue weighted by atomic mass is 9.93. The smallest absolute Gasteiger partial charge is 0.274 e. The molecule has 8 heteroatoms. The number of aromatic nitrogens is 1. The van der Waals surface area contributed by atoms with Gasteiger partial charge in [0.05, 0.1) is 12.2 Å². The molecule has 0 saturated carbocycles. The molecule has 0 unspecified atom stereocenters. The van der Waals surface area contributed by atoms with Crippen molar-refractivity contribution in [2.75, 3.05) is 19.6 Å². The van der Waals surface area contributed by atoms with Gasteiger partial charge in [0, 0.05) is 23.9 Å². The first-order valence-corrected chi connectivity index (χ1v) is 10.0. The Labute approximate surface area is 137 Å². The molecule has 0 amide bonds. The normalized spacial score (nSPS) is 21.2. The van der Waals surface area contributed by atoms with Gasteiger partial charge in [0.2, 0.25) is 0 Å². The van der Waals surface area contributed by atoms with Crippen LogP contribution in [0.25, 0.3) is 0 Å². The second-order valence-electron chi connectivity index (χ2n) is 7.01. The number of thiazole rings is 1. The summed E-state index contributed by atoms with van der Waals surface area (Å²) >= 11 is 1.70. The number of nitrogens with zero attached hydrogens (tertiary/aromatic N) is 2. The maximum atomic E-state index is 11.0. The fraction of sp³-hybridized carbons (Fsp3) is 0.786. The fourth-order valence-electron chi connectivity index (χ4n) is 2.61. The van der Waals surface area contributed by atoms with Crippen LogP contribution in [-0.2, 0) is 22.2 Å². The largest absolute Gasteiger partial charge is 0.296 e. The van der Waals surface area contributed by atoms with Gasteiger partial charge in [0.1, 0.15) is 5.01 Å². The third kappa shape index (κ3) is 5.58. The number of piperidine rings is 1. The molecule has 1 atom stereocenters. The summed E-state index contributed by atoms with van der Waals surface area (Å²) in [6, 6.07) is 0. The van der Waals surface area contributed by atoms with Crippen molar-refractivity contribution in [1.29, 1.82) is 0 Å². The molecule has 0 aliphatic carbocycles. The molecule has 0 spiro atoms. The van der Waals surface area contributed by atoms with E-state index in [1.807, 2.05) is 0 Å². The Morgan fingerprint density at radius 1 is 1.50 bits per heavy atom. The van der Waals surface area contributed by atoms with Gasteiger partial charge in [0.25, 0.3) is 10.2 Å². The van der Waals surface area contributed by atoms with Crippen LogP contribution in [0.4, 0.5) is 0 Å². The molecular formula is C14H26N4O2S2. The van der Waals surface area contributed by atoms with Crippen molar-refractivity contribution < 1.29 is 8.42 Å². The minimum atomic E-state index is -3.59. The van der Waals surface area contributed by atoms with E-state index in [4.69, 9.17) is 10.1 Å². The van der Waals surface area contributed by atoms with Gasteiger partial charge in [-0.15, -0.1) is 11.3 Å². The van der Waals surface area contributed by atoms with Crippen LogP contribution >= 0.6 is 11.3 Å². The zero-order valence-corrected chi connectivity index (χ0v) is 15.1. The van der Waals surface area contributed by atoms with Gasteiger partial charge in [0.15, 0.2) is 0 Å². The molecule has 3 N–H and O–H groups in total. The number of nitrogens with two attached hydrogens (primary N) is 1. The molecular weight excluding hydrogens is 320 g/mol. The first kappa shape index (κ1) is 17.8. The lowest BCUT2D eigenvalue weighted by Crippen LogP contribution is -2.42. The summed E-state index contributed by atoms with van der Waals surface area (Å²) in [5, 5.41) is 8.26. The zero-order valence-electron chi connectivity index (χ0n) is 13.5. The Kier molecular flexibility index (Phi) is 5.60. The first-order valence-electron chi connectivity index (χ1n) is 7.58. The van der Waals surface area contributed by atoms with E-state index in [0.29, 0.717) is 12.5 Å². The van der Waals surface area contributed by atoms with Crippen molar-refractivity contribution in [3.05, 3.63) is 16.1 Å². The summed E-state index contributed by atoms with van der Waals surface area (Å²) in [6.45, 7) is 9.68. The molecule has 22 heavy (non-hydrogen) atoms. The Bertz CT molecular complexity index is 592. The predicted octanol–water partition coefficient (Wildman–Crippen LogP) is 1.45. The van der Waals surface area contributed by atoms with Crippen molar-refractivity contribution >= 4 is 21.5 Å². The zero-order chi connectivity index (χ0) is 16.4. The summed E-state index contributed by atoms with van der Waals surface area (Å²) in [4.78, 5) is 7.08. The third-order valence-corrected chi connectivity index (χ3v) is 5.26. The Balaban J connectivity index is 1.89. The van der Waals surface area contributed by atoms with E-state index in [9.17, 15) is 8.42 Å². The van der Waals surface area contributed by atoms with Crippen LogP contribution in [0.15, 0.2) is 5.38 Å². The number of hydrogen-bond donors (Lipinski definition) is 2. The molecule has 0 radical (unpaired) electrons. The first-order chi connectivity index (χ1) is 10.1. The van der Waals surface area contributed by atoms with E-state index in [1.165, 1.54) is 0 Å². The van der Waals surface area contributed by atoms with Crippen molar-refractivity contribution in [2.45, 2.75) is 45.6 Å². The topological polar surface area (TPSA) is 88.3 Å². The van der Waals surface area contributed by atoms with Gasteiger partial charge in [-0.05, 0) is 25.3 Å². The van der Waals surface area contributed by atoms with E-state index in [0.717, 1.165) is 43.2 Å². The van der Waals surface area contributed by atoms with Crippen LogP contribution in [0, 0.1) is 5.92 Å². The van der Waals surface area contributed by atoms with Crippen LogP contribution < -0.4 is 9.86 Å².